The molecule has 2 aromatic rings. The highest BCUT2D eigenvalue weighted by Gasteiger charge is 2.09. The van der Waals surface area contributed by atoms with Gasteiger partial charge in [-0.3, -0.25) is 4.99 Å². The average Bonchev–Trinajstić information content (AvgIpc) is 2.84. The Kier molecular flexibility index (Phi) is 5.22. The number of pyridine rings is 1. The average molecular weight is 352 g/mol. The molecule has 0 aromatic carbocycles. The Balaban J connectivity index is 2.00. The van der Waals surface area contributed by atoms with Crippen molar-refractivity contribution in [3.05, 3.63) is 34.7 Å². The van der Waals surface area contributed by atoms with E-state index in [0.29, 0.717) is 18.5 Å². The smallest absolute Gasteiger partial charge is 0.191 e. The topological polar surface area (TPSA) is 53.7 Å². The van der Waals surface area contributed by atoms with Gasteiger partial charge < -0.3 is 15.0 Å². The van der Waals surface area contributed by atoms with Gasteiger partial charge in [-0.1, -0.05) is 13.8 Å². The van der Waals surface area contributed by atoms with Crippen molar-refractivity contribution in [2.24, 2.45) is 10.9 Å². The molecule has 0 aliphatic rings. The van der Waals surface area contributed by atoms with Crippen molar-refractivity contribution in [2.75, 3.05) is 7.05 Å². The predicted molar refractivity (Wildman–Crippen MR) is 90.5 cm³/mol. The normalized spacial score (nSPS) is 13.7. The number of imidazole rings is 1. The van der Waals surface area contributed by atoms with Crippen LogP contribution in [0.3, 0.4) is 0 Å². The maximum Gasteiger partial charge on any atom is 0.191 e. The van der Waals surface area contributed by atoms with Crippen LogP contribution in [0.15, 0.2) is 34.0 Å². The van der Waals surface area contributed by atoms with Crippen LogP contribution in [0.5, 0.6) is 0 Å². The van der Waals surface area contributed by atoms with E-state index < -0.39 is 0 Å². The summed E-state index contributed by atoms with van der Waals surface area (Å²) < 4.78 is 3.05. The number of hydrogen-bond acceptors (Lipinski definition) is 2. The summed E-state index contributed by atoms with van der Waals surface area (Å²) in [6.07, 6.45) is 4.02. The summed E-state index contributed by atoms with van der Waals surface area (Å²) in [5.41, 5.74) is 1.92. The number of aliphatic imine (C=N–C) groups is 1. The fraction of sp³-hybridized carbons (Fsp3) is 0.467. The van der Waals surface area contributed by atoms with Gasteiger partial charge in [0, 0.05) is 30.0 Å². The molecule has 2 rings (SSSR count). The minimum Gasteiger partial charge on any atom is -0.354 e. The van der Waals surface area contributed by atoms with E-state index in [2.05, 4.69) is 57.3 Å². The number of fused-ring (bicyclic) bond motifs is 1. The maximum atomic E-state index is 4.57. The van der Waals surface area contributed by atoms with Crippen molar-refractivity contribution >= 4 is 27.5 Å². The van der Waals surface area contributed by atoms with Crippen molar-refractivity contribution < 1.29 is 0 Å². The second-order valence-electron chi connectivity index (χ2n) is 5.45. The SMILES string of the molecule is CN=C(NCc1cn2cc(Br)ccc2n1)NC(C)C(C)C. The number of hydrogen-bond donors (Lipinski definition) is 2. The van der Waals surface area contributed by atoms with Crippen LogP contribution in [-0.2, 0) is 6.54 Å². The van der Waals surface area contributed by atoms with E-state index >= 15 is 0 Å². The van der Waals surface area contributed by atoms with Crippen LogP contribution in [0, 0.1) is 5.92 Å². The van der Waals surface area contributed by atoms with E-state index in [9.17, 15) is 0 Å². The van der Waals surface area contributed by atoms with Gasteiger partial charge in [0.25, 0.3) is 0 Å². The Labute approximate surface area is 134 Å². The van der Waals surface area contributed by atoms with E-state index in [1.807, 2.05) is 28.9 Å². The van der Waals surface area contributed by atoms with Gasteiger partial charge >= 0.3 is 0 Å². The standard InChI is InChI=1S/C15H22BrN5/c1-10(2)11(3)19-15(17-4)18-7-13-9-21-8-12(16)5-6-14(21)20-13/h5-6,8-11H,7H2,1-4H3,(H2,17,18,19). The molecule has 0 saturated carbocycles. The number of guanidine groups is 1. The lowest BCUT2D eigenvalue weighted by molar-refractivity contribution is 0.480. The molecule has 2 N–H and O–H groups in total. The molecule has 0 radical (unpaired) electrons. The lowest BCUT2D eigenvalue weighted by Crippen LogP contribution is -2.43. The zero-order chi connectivity index (χ0) is 15.4. The van der Waals surface area contributed by atoms with Crippen molar-refractivity contribution in [1.82, 2.24) is 20.0 Å². The molecule has 2 heterocycles. The summed E-state index contributed by atoms with van der Waals surface area (Å²) in [5.74, 6) is 1.35. The molecule has 114 valence electrons. The molecule has 1 unspecified atom stereocenters. The van der Waals surface area contributed by atoms with Crippen LogP contribution in [0.4, 0.5) is 0 Å². The molecule has 0 aliphatic heterocycles. The van der Waals surface area contributed by atoms with Gasteiger partial charge in [0.1, 0.15) is 5.65 Å². The van der Waals surface area contributed by atoms with Gasteiger partial charge in [0.05, 0.1) is 12.2 Å². The van der Waals surface area contributed by atoms with Gasteiger partial charge in [0.15, 0.2) is 5.96 Å². The van der Waals surface area contributed by atoms with Gasteiger partial charge in [-0.15, -0.1) is 0 Å². The second kappa shape index (κ2) is 6.93. The van der Waals surface area contributed by atoms with Crippen molar-refractivity contribution in [2.45, 2.75) is 33.4 Å². The fourth-order valence-electron chi connectivity index (χ4n) is 1.85. The van der Waals surface area contributed by atoms with Crippen LogP contribution in [0.2, 0.25) is 0 Å². The van der Waals surface area contributed by atoms with Gasteiger partial charge in [-0.25, -0.2) is 4.98 Å². The molecular formula is C15H22BrN5. The maximum absolute atomic E-state index is 4.57. The summed E-state index contributed by atoms with van der Waals surface area (Å²) in [6.45, 7) is 7.17. The molecule has 1 atom stereocenters. The van der Waals surface area contributed by atoms with Crippen LogP contribution < -0.4 is 10.6 Å². The summed E-state index contributed by atoms with van der Waals surface area (Å²) >= 11 is 3.46. The van der Waals surface area contributed by atoms with Crippen molar-refractivity contribution in [3.8, 4) is 0 Å². The number of rotatable bonds is 4. The van der Waals surface area contributed by atoms with Crippen LogP contribution in [-0.4, -0.2) is 28.4 Å². The highest BCUT2D eigenvalue weighted by atomic mass is 79.9. The first kappa shape index (κ1) is 15.8. The summed E-state index contributed by atoms with van der Waals surface area (Å²) in [4.78, 5) is 8.82. The monoisotopic (exact) mass is 351 g/mol. The zero-order valence-electron chi connectivity index (χ0n) is 12.9. The van der Waals surface area contributed by atoms with Gasteiger partial charge in [-0.2, -0.15) is 0 Å². The first-order chi connectivity index (χ1) is 9.99. The number of aromatic nitrogens is 2. The van der Waals surface area contributed by atoms with E-state index in [0.717, 1.165) is 21.8 Å². The van der Waals surface area contributed by atoms with Crippen molar-refractivity contribution in [3.63, 3.8) is 0 Å². The molecule has 6 heteroatoms. The van der Waals surface area contributed by atoms with Crippen molar-refractivity contribution in [1.29, 1.82) is 0 Å². The third-order valence-corrected chi connectivity index (χ3v) is 3.96. The predicted octanol–water partition coefficient (Wildman–Crippen LogP) is 2.81. The Bertz CT molecular complexity index is 632. The minimum absolute atomic E-state index is 0.369. The van der Waals surface area contributed by atoms with E-state index in [1.54, 1.807) is 7.05 Å². The Hall–Kier alpha value is -1.56. The minimum atomic E-state index is 0.369. The highest BCUT2D eigenvalue weighted by Crippen LogP contribution is 2.12. The first-order valence-corrected chi connectivity index (χ1v) is 7.89. The third-order valence-electron chi connectivity index (χ3n) is 3.49. The Morgan fingerprint density at radius 1 is 1.33 bits per heavy atom. The molecular weight excluding hydrogens is 330 g/mol. The molecule has 5 nitrogen and oxygen atoms in total. The molecule has 0 aliphatic carbocycles. The molecule has 21 heavy (non-hydrogen) atoms. The number of halogens is 1. The second-order valence-corrected chi connectivity index (χ2v) is 6.36. The lowest BCUT2D eigenvalue weighted by Gasteiger charge is -2.20. The first-order valence-electron chi connectivity index (χ1n) is 7.10. The Morgan fingerprint density at radius 2 is 2.10 bits per heavy atom. The zero-order valence-corrected chi connectivity index (χ0v) is 14.5. The molecule has 0 saturated heterocycles. The fourth-order valence-corrected chi connectivity index (χ4v) is 2.21. The van der Waals surface area contributed by atoms with Crippen LogP contribution in [0.25, 0.3) is 5.65 Å². The number of nitrogens with one attached hydrogen (secondary N) is 2. The molecule has 0 amide bonds. The van der Waals surface area contributed by atoms with E-state index in [-0.39, 0.29) is 0 Å². The van der Waals surface area contributed by atoms with E-state index in [4.69, 9.17) is 0 Å². The van der Waals surface area contributed by atoms with Crippen LogP contribution in [0.1, 0.15) is 26.5 Å². The molecule has 0 fully saturated rings. The molecule has 2 aromatic heterocycles. The summed E-state index contributed by atoms with van der Waals surface area (Å²) in [7, 11) is 1.78. The van der Waals surface area contributed by atoms with Gasteiger partial charge in [-0.05, 0) is 40.9 Å². The molecule has 0 bridgehead atoms. The van der Waals surface area contributed by atoms with E-state index in [1.165, 1.54) is 0 Å². The largest absolute Gasteiger partial charge is 0.354 e. The summed E-state index contributed by atoms with van der Waals surface area (Å²) in [5, 5.41) is 6.67. The molecule has 0 spiro atoms. The quantitative estimate of drug-likeness (QED) is 0.657. The third kappa shape index (κ3) is 4.20. The lowest BCUT2D eigenvalue weighted by atomic mass is 10.1. The number of nitrogens with zero attached hydrogens (tertiary/aromatic N) is 3. The summed E-state index contributed by atoms with van der Waals surface area (Å²) in [6, 6.07) is 4.35. The Morgan fingerprint density at radius 3 is 2.76 bits per heavy atom. The highest BCUT2D eigenvalue weighted by molar-refractivity contribution is 9.10. The van der Waals surface area contributed by atoms with Crippen LogP contribution >= 0.6 is 15.9 Å². The van der Waals surface area contributed by atoms with Gasteiger partial charge in [0.2, 0.25) is 0 Å².